The quantitative estimate of drug-likeness (QED) is 0.654. The normalized spacial score (nSPS) is 12.9. The standard InChI is InChI=1S/C11H25NO2/c1-5-11(14,6-2)9-12(7-8-13)10(3)4/h10,13-14H,5-9H2,1-4H3. The molecule has 0 aromatic heterocycles. The van der Waals surface area contributed by atoms with E-state index >= 15 is 0 Å². The third-order valence-corrected chi connectivity index (χ3v) is 2.93. The summed E-state index contributed by atoms with van der Waals surface area (Å²) in [5.41, 5.74) is -0.598. The summed E-state index contributed by atoms with van der Waals surface area (Å²) in [5, 5.41) is 19.1. The average Bonchev–Trinajstić information content (AvgIpc) is 2.17. The second-order valence-electron chi connectivity index (χ2n) is 4.22. The Labute approximate surface area is 87.7 Å². The summed E-state index contributed by atoms with van der Waals surface area (Å²) < 4.78 is 0. The first-order valence-electron chi connectivity index (χ1n) is 5.56. The van der Waals surface area contributed by atoms with Gasteiger partial charge in [-0.05, 0) is 26.7 Å². The molecule has 0 heterocycles. The summed E-state index contributed by atoms with van der Waals surface area (Å²) in [4.78, 5) is 2.12. The average molecular weight is 203 g/mol. The van der Waals surface area contributed by atoms with Crippen molar-refractivity contribution >= 4 is 0 Å². The molecule has 0 aromatic rings. The largest absolute Gasteiger partial charge is 0.395 e. The molecule has 14 heavy (non-hydrogen) atoms. The van der Waals surface area contributed by atoms with Crippen LogP contribution < -0.4 is 0 Å². The highest BCUT2D eigenvalue weighted by Crippen LogP contribution is 2.17. The van der Waals surface area contributed by atoms with Crippen molar-refractivity contribution in [1.29, 1.82) is 0 Å². The van der Waals surface area contributed by atoms with Crippen LogP contribution in [0.5, 0.6) is 0 Å². The maximum absolute atomic E-state index is 10.2. The molecular weight excluding hydrogens is 178 g/mol. The first-order chi connectivity index (χ1) is 6.49. The molecule has 0 saturated carbocycles. The molecule has 86 valence electrons. The topological polar surface area (TPSA) is 43.7 Å². The van der Waals surface area contributed by atoms with E-state index in [0.717, 1.165) is 12.8 Å². The van der Waals surface area contributed by atoms with Crippen LogP contribution in [0.3, 0.4) is 0 Å². The van der Waals surface area contributed by atoms with Crippen LogP contribution in [0.4, 0.5) is 0 Å². The summed E-state index contributed by atoms with van der Waals surface area (Å²) in [6, 6.07) is 0.367. The fraction of sp³-hybridized carbons (Fsp3) is 1.00. The Morgan fingerprint density at radius 3 is 2.00 bits per heavy atom. The first kappa shape index (κ1) is 13.9. The van der Waals surface area contributed by atoms with E-state index in [1.807, 2.05) is 13.8 Å². The SMILES string of the molecule is CCC(O)(CC)CN(CCO)C(C)C. The van der Waals surface area contributed by atoms with Gasteiger partial charge in [-0.2, -0.15) is 0 Å². The van der Waals surface area contributed by atoms with E-state index in [-0.39, 0.29) is 6.61 Å². The van der Waals surface area contributed by atoms with Crippen molar-refractivity contribution in [3.05, 3.63) is 0 Å². The number of hydrogen-bond acceptors (Lipinski definition) is 3. The number of rotatable bonds is 7. The van der Waals surface area contributed by atoms with Gasteiger partial charge >= 0.3 is 0 Å². The fourth-order valence-corrected chi connectivity index (χ4v) is 1.50. The molecule has 0 aliphatic carbocycles. The highest BCUT2D eigenvalue weighted by atomic mass is 16.3. The van der Waals surface area contributed by atoms with E-state index in [1.165, 1.54) is 0 Å². The van der Waals surface area contributed by atoms with Crippen molar-refractivity contribution in [2.24, 2.45) is 0 Å². The molecule has 0 aliphatic rings. The molecule has 0 atom stereocenters. The molecule has 0 aromatic carbocycles. The Kier molecular flexibility index (Phi) is 6.33. The van der Waals surface area contributed by atoms with Crippen molar-refractivity contribution in [3.8, 4) is 0 Å². The summed E-state index contributed by atoms with van der Waals surface area (Å²) >= 11 is 0. The second kappa shape index (κ2) is 6.38. The van der Waals surface area contributed by atoms with Crippen LogP contribution in [0.1, 0.15) is 40.5 Å². The first-order valence-corrected chi connectivity index (χ1v) is 5.56. The zero-order chi connectivity index (χ0) is 11.2. The van der Waals surface area contributed by atoms with Crippen LogP contribution in [-0.4, -0.2) is 46.5 Å². The minimum atomic E-state index is -0.598. The van der Waals surface area contributed by atoms with Gasteiger partial charge in [-0.25, -0.2) is 0 Å². The molecule has 0 amide bonds. The van der Waals surface area contributed by atoms with E-state index in [0.29, 0.717) is 19.1 Å². The van der Waals surface area contributed by atoms with Gasteiger partial charge in [0.15, 0.2) is 0 Å². The molecule has 3 nitrogen and oxygen atoms in total. The Balaban J connectivity index is 4.25. The second-order valence-corrected chi connectivity index (χ2v) is 4.22. The lowest BCUT2D eigenvalue weighted by Gasteiger charge is -2.35. The van der Waals surface area contributed by atoms with Crippen molar-refractivity contribution in [1.82, 2.24) is 4.90 Å². The van der Waals surface area contributed by atoms with Crippen LogP contribution in [0.2, 0.25) is 0 Å². The molecule has 0 aliphatic heterocycles. The lowest BCUT2D eigenvalue weighted by atomic mass is 9.96. The van der Waals surface area contributed by atoms with E-state index < -0.39 is 5.60 Å². The van der Waals surface area contributed by atoms with Gasteiger partial charge in [0.2, 0.25) is 0 Å². The van der Waals surface area contributed by atoms with E-state index in [4.69, 9.17) is 5.11 Å². The molecule has 0 radical (unpaired) electrons. The number of aliphatic hydroxyl groups is 2. The molecule has 0 rings (SSSR count). The maximum Gasteiger partial charge on any atom is 0.0769 e. The molecule has 3 heteroatoms. The van der Waals surface area contributed by atoms with Gasteiger partial charge in [-0.3, -0.25) is 4.90 Å². The minimum Gasteiger partial charge on any atom is -0.395 e. The van der Waals surface area contributed by atoms with Crippen molar-refractivity contribution in [2.45, 2.75) is 52.2 Å². The smallest absolute Gasteiger partial charge is 0.0769 e. The fourth-order valence-electron chi connectivity index (χ4n) is 1.50. The van der Waals surface area contributed by atoms with E-state index in [2.05, 4.69) is 18.7 Å². The molecule has 0 spiro atoms. The summed E-state index contributed by atoms with van der Waals surface area (Å²) in [6.45, 7) is 9.62. The van der Waals surface area contributed by atoms with Gasteiger partial charge < -0.3 is 10.2 Å². The molecule has 0 unspecified atom stereocenters. The van der Waals surface area contributed by atoms with Crippen LogP contribution in [-0.2, 0) is 0 Å². The summed E-state index contributed by atoms with van der Waals surface area (Å²) in [6.07, 6.45) is 1.52. The lowest BCUT2D eigenvalue weighted by molar-refractivity contribution is -0.0151. The van der Waals surface area contributed by atoms with Gasteiger partial charge in [0.25, 0.3) is 0 Å². The monoisotopic (exact) mass is 203 g/mol. The number of hydrogen-bond donors (Lipinski definition) is 2. The minimum absolute atomic E-state index is 0.154. The van der Waals surface area contributed by atoms with Crippen LogP contribution >= 0.6 is 0 Å². The predicted octanol–water partition coefficient (Wildman–Crippen LogP) is 1.24. The van der Waals surface area contributed by atoms with E-state index in [9.17, 15) is 5.11 Å². The Bertz CT molecular complexity index is 144. The maximum atomic E-state index is 10.2. The van der Waals surface area contributed by atoms with E-state index in [1.54, 1.807) is 0 Å². The van der Waals surface area contributed by atoms with Gasteiger partial charge in [0, 0.05) is 19.1 Å². The lowest BCUT2D eigenvalue weighted by Crippen LogP contribution is -2.46. The Morgan fingerprint density at radius 2 is 1.71 bits per heavy atom. The molecule has 0 fully saturated rings. The molecular formula is C11H25NO2. The third-order valence-electron chi connectivity index (χ3n) is 2.93. The molecule has 2 N–H and O–H groups in total. The van der Waals surface area contributed by atoms with Gasteiger partial charge in [0.05, 0.1) is 12.2 Å². The number of nitrogens with zero attached hydrogens (tertiary/aromatic N) is 1. The predicted molar refractivity (Wildman–Crippen MR) is 59.3 cm³/mol. The van der Waals surface area contributed by atoms with Crippen LogP contribution in [0.25, 0.3) is 0 Å². The van der Waals surface area contributed by atoms with Gasteiger partial charge in [0.1, 0.15) is 0 Å². The zero-order valence-corrected chi connectivity index (χ0v) is 9.95. The Hall–Kier alpha value is -0.120. The highest BCUT2D eigenvalue weighted by molar-refractivity contribution is 4.80. The third kappa shape index (κ3) is 4.40. The Morgan fingerprint density at radius 1 is 1.21 bits per heavy atom. The summed E-state index contributed by atoms with van der Waals surface area (Å²) in [5.74, 6) is 0. The van der Waals surface area contributed by atoms with Crippen molar-refractivity contribution in [3.63, 3.8) is 0 Å². The molecule has 0 bridgehead atoms. The van der Waals surface area contributed by atoms with Gasteiger partial charge in [-0.1, -0.05) is 13.8 Å². The van der Waals surface area contributed by atoms with Crippen molar-refractivity contribution in [2.75, 3.05) is 19.7 Å². The zero-order valence-electron chi connectivity index (χ0n) is 9.95. The molecule has 0 saturated heterocycles. The summed E-state index contributed by atoms with van der Waals surface area (Å²) in [7, 11) is 0. The van der Waals surface area contributed by atoms with Crippen LogP contribution in [0, 0.1) is 0 Å². The van der Waals surface area contributed by atoms with Crippen LogP contribution in [0.15, 0.2) is 0 Å². The number of aliphatic hydroxyl groups excluding tert-OH is 1. The van der Waals surface area contributed by atoms with Gasteiger partial charge in [-0.15, -0.1) is 0 Å². The highest BCUT2D eigenvalue weighted by Gasteiger charge is 2.26. The van der Waals surface area contributed by atoms with Crippen molar-refractivity contribution < 1.29 is 10.2 Å².